The van der Waals surface area contributed by atoms with Crippen LogP contribution in [0, 0.1) is 6.92 Å². The van der Waals surface area contributed by atoms with Crippen molar-refractivity contribution in [2.45, 2.75) is 31.0 Å². The van der Waals surface area contributed by atoms with Crippen LogP contribution in [0.15, 0.2) is 52.4 Å². The second-order valence-corrected chi connectivity index (χ2v) is 8.04. The fourth-order valence-electron chi connectivity index (χ4n) is 2.86. The number of nitrogens with zero attached hydrogens (tertiary/aromatic N) is 2. The molecule has 1 aromatic heterocycles. The number of carbonyl (C=O) groups excluding carboxylic acids is 1. The Labute approximate surface area is 165 Å². The monoisotopic (exact) mass is 399 g/mol. The maximum atomic E-state index is 13.2. The van der Waals surface area contributed by atoms with Crippen LogP contribution >= 0.6 is 23.4 Å². The van der Waals surface area contributed by atoms with Gasteiger partial charge in [-0.25, -0.2) is 4.98 Å². The van der Waals surface area contributed by atoms with Crippen LogP contribution in [0.25, 0.3) is 16.6 Å². The Morgan fingerprint density at radius 2 is 2.11 bits per heavy atom. The van der Waals surface area contributed by atoms with Crippen molar-refractivity contribution in [3.05, 3.63) is 63.4 Å². The Balaban J connectivity index is 1.79. The van der Waals surface area contributed by atoms with E-state index in [4.69, 9.17) is 11.6 Å². The normalized spacial score (nSPS) is 13.7. The van der Waals surface area contributed by atoms with Gasteiger partial charge in [0.05, 0.1) is 22.3 Å². The van der Waals surface area contributed by atoms with Crippen LogP contribution in [0.5, 0.6) is 0 Å². The van der Waals surface area contributed by atoms with E-state index in [0.717, 1.165) is 24.1 Å². The first-order valence-corrected chi connectivity index (χ1v) is 10.1. The van der Waals surface area contributed by atoms with Crippen LogP contribution in [0.1, 0.15) is 18.4 Å². The SMILES string of the molecule is Cc1cccc(-n2c(SCC(=O)NC3CC3)nc3cc(Cl)ccc3c2=O)c1. The van der Waals surface area contributed by atoms with E-state index in [0.29, 0.717) is 27.1 Å². The van der Waals surface area contributed by atoms with Gasteiger partial charge in [0, 0.05) is 11.1 Å². The molecule has 1 aliphatic carbocycles. The van der Waals surface area contributed by atoms with Crippen molar-refractivity contribution in [1.29, 1.82) is 0 Å². The summed E-state index contributed by atoms with van der Waals surface area (Å²) in [5.74, 6) is 0.166. The minimum Gasteiger partial charge on any atom is -0.353 e. The lowest BCUT2D eigenvalue weighted by Gasteiger charge is -2.14. The summed E-state index contributed by atoms with van der Waals surface area (Å²) in [6, 6.07) is 13.0. The van der Waals surface area contributed by atoms with Crippen molar-refractivity contribution in [3.8, 4) is 5.69 Å². The fraction of sp³-hybridized carbons (Fsp3) is 0.250. The van der Waals surface area contributed by atoms with E-state index in [1.807, 2.05) is 31.2 Å². The minimum absolute atomic E-state index is 0.0428. The quantitative estimate of drug-likeness (QED) is 0.524. The number of nitrogens with one attached hydrogen (secondary N) is 1. The van der Waals surface area contributed by atoms with Crippen LogP contribution in [-0.4, -0.2) is 27.3 Å². The number of fused-ring (bicyclic) bond motifs is 1. The number of aryl methyl sites for hydroxylation is 1. The van der Waals surface area contributed by atoms with Crippen molar-refractivity contribution >= 4 is 40.2 Å². The number of hydrogen-bond donors (Lipinski definition) is 1. The Bertz CT molecular complexity index is 1090. The topological polar surface area (TPSA) is 64.0 Å². The summed E-state index contributed by atoms with van der Waals surface area (Å²) in [6.45, 7) is 1.97. The third-order valence-electron chi connectivity index (χ3n) is 4.34. The molecule has 7 heteroatoms. The summed E-state index contributed by atoms with van der Waals surface area (Å²) in [7, 11) is 0. The molecule has 1 saturated carbocycles. The van der Waals surface area contributed by atoms with E-state index in [2.05, 4.69) is 10.3 Å². The number of aromatic nitrogens is 2. The number of carbonyl (C=O) groups is 1. The highest BCUT2D eigenvalue weighted by molar-refractivity contribution is 7.99. The molecule has 1 heterocycles. The zero-order valence-corrected chi connectivity index (χ0v) is 16.3. The van der Waals surface area contributed by atoms with Crippen LogP contribution in [0.4, 0.5) is 0 Å². The van der Waals surface area contributed by atoms with Gasteiger partial charge in [0.15, 0.2) is 5.16 Å². The van der Waals surface area contributed by atoms with E-state index in [1.54, 1.807) is 22.8 Å². The van der Waals surface area contributed by atoms with Crippen LogP contribution in [0.2, 0.25) is 5.02 Å². The van der Waals surface area contributed by atoms with Crippen molar-refractivity contribution < 1.29 is 4.79 Å². The van der Waals surface area contributed by atoms with Crippen molar-refractivity contribution in [1.82, 2.24) is 14.9 Å². The standard InChI is InChI=1S/C20H18ClN3O2S/c1-12-3-2-4-15(9-12)24-19(26)16-8-5-13(21)10-17(16)23-20(24)27-11-18(25)22-14-6-7-14/h2-5,8-10,14H,6-7,11H2,1H3,(H,22,25). The molecule has 2 aromatic carbocycles. The molecule has 1 N–H and O–H groups in total. The maximum Gasteiger partial charge on any atom is 0.266 e. The summed E-state index contributed by atoms with van der Waals surface area (Å²) >= 11 is 7.33. The predicted molar refractivity (Wildman–Crippen MR) is 109 cm³/mol. The Morgan fingerprint density at radius 3 is 2.85 bits per heavy atom. The van der Waals surface area contributed by atoms with E-state index in [9.17, 15) is 9.59 Å². The average Bonchev–Trinajstić information content (AvgIpc) is 3.43. The molecule has 1 aliphatic rings. The average molecular weight is 400 g/mol. The number of hydrogen-bond acceptors (Lipinski definition) is 4. The summed E-state index contributed by atoms with van der Waals surface area (Å²) in [5, 5.41) is 4.45. The van der Waals surface area contributed by atoms with Gasteiger partial charge in [0.2, 0.25) is 5.91 Å². The summed E-state index contributed by atoms with van der Waals surface area (Å²) in [6.07, 6.45) is 2.08. The van der Waals surface area contributed by atoms with Crippen molar-refractivity contribution in [2.75, 3.05) is 5.75 Å². The van der Waals surface area contributed by atoms with E-state index >= 15 is 0 Å². The second-order valence-electron chi connectivity index (χ2n) is 6.67. The maximum absolute atomic E-state index is 13.2. The molecule has 0 atom stereocenters. The molecule has 0 radical (unpaired) electrons. The van der Waals surface area contributed by atoms with E-state index in [-0.39, 0.29) is 17.2 Å². The molecule has 27 heavy (non-hydrogen) atoms. The van der Waals surface area contributed by atoms with Gasteiger partial charge in [-0.15, -0.1) is 0 Å². The van der Waals surface area contributed by atoms with E-state index < -0.39 is 0 Å². The van der Waals surface area contributed by atoms with Gasteiger partial charge >= 0.3 is 0 Å². The molecule has 1 amide bonds. The van der Waals surface area contributed by atoms with Gasteiger partial charge in [0.1, 0.15) is 0 Å². The molecule has 5 nitrogen and oxygen atoms in total. The van der Waals surface area contributed by atoms with Gasteiger partial charge in [-0.1, -0.05) is 35.5 Å². The van der Waals surface area contributed by atoms with Crippen LogP contribution in [-0.2, 0) is 4.79 Å². The zero-order valence-electron chi connectivity index (χ0n) is 14.7. The second kappa shape index (κ2) is 7.37. The minimum atomic E-state index is -0.174. The molecule has 0 spiro atoms. The first-order chi connectivity index (χ1) is 13.0. The smallest absolute Gasteiger partial charge is 0.266 e. The lowest BCUT2D eigenvalue weighted by molar-refractivity contribution is -0.118. The van der Waals surface area contributed by atoms with Crippen LogP contribution < -0.4 is 10.9 Å². The highest BCUT2D eigenvalue weighted by Gasteiger charge is 2.23. The molecule has 4 rings (SSSR count). The van der Waals surface area contributed by atoms with Gasteiger partial charge < -0.3 is 5.32 Å². The van der Waals surface area contributed by atoms with Gasteiger partial charge in [-0.2, -0.15) is 0 Å². The van der Waals surface area contributed by atoms with Crippen LogP contribution in [0.3, 0.4) is 0 Å². The highest BCUT2D eigenvalue weighted by Crippen LogP contribution is 2.24. The number of halogens is 1. The first-order valence-electron chi connectivity index (χ1n) is 8.73. The van der Waals surface area contributed by atoms with Gasteiger partial charge in [0.25, 0.3) is 5.56 Å². The van der Waals surface area contributed by atoms with E-state index in [1.165, 1.54) is 11.8 Å². The summed E-state index contributed by atoms with van der Waals surface area (Å²) in [4.78, 5) is 29.9. The summed E-state index contributed by atoms with van der Waals surface area (Å²) in [5.41, 5.74) is 2.13. The molecule has 0 unspecified atom stereocenters. The molecule has 0 bridgehead atoms. The zero-order chi connectivity index (χ0) is 19.0. The molecular weight excluding hydrogens is 382 g/mol. The number of benzene rings is 2. The predicted octanol–water partition coefficient (Wildman–Crippen LogP) is 3.72. The van der Waals surface area contributed by atoms with Crippen molar-refractivity contribution in [2.24, 2.45) is 0 Å². The lowest BCUT2D eigenvalue weighted by Crippen LogP contribution is -2.28. The highest BCUT2D eigenvalue weighted by atomic mass is 35.5. The number of thioether (sulfide) groups is 1. The molecule has 1 fully saturated rings. The number of amides is 1. The molecule has 3 aromatic rings. The first kappa shape index (κ1) is 18.1. The third-order valence-corrected chi connectivity index (χ3v) is 5.51. The summed E-state index contributed by atoms with van der Waals surface area (Å²) < 4.78 is 1.57. The Morgan fingerprint density at radius 1 is 1.30 bits per heavy atom. The van der Waals surface area contributed by atoms with Crippen molar-refractivity contribution in [3.63, 3.8) is 0 Å². The van der Waals surface area contributed by atoms with Gasteiger partial charge in [-0.3, -0.25) is 14.2 Å². The Kier molecular flexibility index (Phi) is 4.93. The van der Waals surface area contributed by atoms with Gasteiger partial charge in [-0.05, 0) is 55.7 Å². The molecule has 0 saturated heterocycles. The largest absolute Gasteiger partial charge is 0.353 e. The fourth-order valence-corrected chi connectivity index (χ4v) is 3.85. The molecular formula is C20H18ClN3O2S. The third kappa shape index (κ3) is 4.01. The lowest BCUT2D eigenvalue weighted by atomic mass is 10.2. The number of rotatable bonds is 5. The molecule has 138 valence electrons. The Hall–Kier alpha value is -2.31. The molecule has 0 aliphatic heterocycles.